The van der Waals surface area contributed by atoms with Gasteiger partial charge in [0.15, 0.2) is 21.3 Å². The highest BCUT2D eigenvalue weighted by Crippen LogP contribution is 2.36. The molecule has 1 unspecified atom stereocenters. The Labute approximate surface area is 256 Å². The van der Waals surface area contributed by atoms with Crippen molar-refractivity contribution in [2.45, 2.75) is 24.3 Å². The summed E-state index contributed by atoms with van der Waals surface area (Å²) in [4.78, 5) is 37.9. The molecule has 44 heavy (non-hydrogen) atoms. The molecule has 10 nitrogen and oxygen atoms in total. The molecule has 2 aromatic carbocycles. The number of para-hydroxylation sites is 1. The number of nitriles is 1. The largest absolute Gasteiger partial charge is 0.355 e. The van der Waals surface area contributed by atoms with E-state index in [2.05, 4.69) is 22.6 Å². The van der Waals surface area contributed by atoms with Crippen LogP contribution in [0.1, 0.15) is 12.0 Å². The number of aromatic nitrogens is 3. The molecule has 2 aromatic heterocycles. The molecular weight excluding hydrogens is 614 g/mol. The lowest BCUT2D eigenvalue weighted by molar-refractivity contribution is -0.128. The highest BCUT2D eigenvalue weighted by atomic mass is 35.5. The van der Waals surface area contributed by atoms with Gasteiger partial charge in [-0.3, -0.25) is 4.79 Å². The third kappa shape index (κ3) is 5.42. The van der Waals surface area contributed by atoms with Gasteiger partial charge >= 0.3 is 5.69 Å². The van der Waals surface area contributed by atoms with E-state index in [0.29, 0.717) is 5.56 Å². The van der Waals surface area contributed by atoms with Gasteiger partial charge in [-0.15, -0.1) is 0 Å². The summed E-state index contributed by atoms with van der Waals surface area (Å²) in [5.74, 6) is -2.20. The Hall–Kier alpha value is -4.67. The Morgan fingerprint density at radius 3 is 2.57 bits per heavy atom. The van der Waals surface area contributed by atoms with Crippen LogP contribution in [0.5, 0.6) is 0 Å². The molecule has 1 fully saturated rings. The van der Waals surface area contributed by atoms with Crippen LogP contribution in [0.3, 0.4) is 0 Å². The summed E-state index contributed by atoms with van der Waals surface area (Å²) in [5, 5.41) is 9.30. The van der Waals surface area contributed by atoms with Crippen LogP contribution >= 0.6 is 11.6 Å². The van der Waals surface area contributed by atoms with Crippen LogP contribution in [0.2, 0.25) is 5.02 Å². The van der Waals surface area contributed by atoms with E-state index in [1.165, 1.54) is 29.2 Å². The third-order valence-electron chi connectivity index (χ3n) is 7.39. The molecule has 0 aliphatic carbocycles. The van der Waals surface area contributed by atoms with E-state index in [4.69, 9.17) is 11.6 Å². The molecule has 4 aromatic rings. The standard InChI is InChI=1S/C30H25ClF2N6O4S/c1-4-24(40)38-14-13-37(16-18(38)11-12-34)28-19-15-22(33)26(25-20(31)8-6-9-21(25)32)35-29(19)39(30(41)36-28)27-17(2)7-5-10-23(27)44(3,42)43/h4-10,15,18H,1,11,13-14,16H2,2-3H3. The quantitative estimate of drug-likeness (QED) is 0.287. The smallest absolute Gasteiger partial charge is 0.352 e. The minimum absolute atomic E-state index is 0.00182. The fraction of sp³-hybridized carbons (Fsp3) is 0.233. The number of pyridine rings is 1. The fourth-order valence-corrected chi connectivity index (χ4v) is 6.58. The van der Waals surface area contributed by atoms with Crippen molar-refractivity contribution in [3.63, 3.8) is 0 Å². The monoisotopic (exact) mass is 638 g/mol. The van der Waals surface area contributed by atoms with Crippen LogP contribution in [-0.4, -0.2) is 65.7 Å². The average molecular weight is 639 g/mol. The van der Waals surface area contributed by atoms with Gasteiger partial charge in [0, 0.05) is 25.9 Å². The number of aryl methyl sites for hydroxylation is 1. The van der Waals surface area contributed by atoms with Crippen molar-refractivity contribution in [1.82, 2.24) is 19.4 Å². The second-order valence-corrected chi connectivity index (χ2v) is 12.6. The van der Waals surface area contributed by atoms with Crippen molar-refractivity contribution in [3.8, 4) is 23.0 Å². The summed E-state index contributed by atoms with van der Waals surface area (Å²) in [6, 6.07) is 10.7. The minimum atomic E-state index is -3.89. The summed E-state index contributed by atoms with van der Waals surface area (Å²) in [6.45, 7) is 5.49. The predicted octanol–water partition coefficient (Wildman–Crippen LogP) is 4.21. The van der Waals surface area contributed by atoms with Gasteiger partial charge in [0.2, 0.25) is 5.91 Å². The molecule has 0 radical (unpaired) electrons. The molecule has 1 amide bonds. The van der Waals surface area contributed by atoms with Crippen LogP contribution < -0.4 is 10.6 Å². The lowest BCUT2D eigenvalue weighted by Gasteiger charge is -2.41. The van der Waals surface area contributed by atoms with E-state index in [9.17, 15) is 27.7 Å². The summed E-state index contributed by atoms with van der Waals surface area (Å²) >= 11 is 6.25. The van der Waals surface area contributed by atoms with Crippen molar-refractivity contribution in [1.29, 1.82) is 5.26 Å². The van der Waals surface area contributed by atoms with Crippen molar-refractivity contribution in [2.75, 3.05) is 30.8 Å². The van der Waals surface area contributed by atoms with Crippen LogP contribution in [0.25, 0.3) is 28.0 Å². The summed E-state index contributed by atoms with van der Waals surface area (Å²) in [7, 11) is -3.89. The first-order chi connectivity index (χ1) is 20.9. The van der Waals surface area contributed by atoms with E-state index in [1.807, 2.05) is 0 Å². The topological polar surface area (TPSA) is 129 Å². The second kappa shape index (κ2) is 11.8. The zero-order valence-electron chi connectivity index (χ0n) is 23.6. The molecule has 1 aliphatic heterocycles. The van der Waals surface area contributed by atoms with Gasteiger partial charge in [-0.25, -0.2) is 31.5 Å². The number of benzene rings is 2. The third-order valence-corrected chi connectivity index (χ3v) is 8.84. The molecule has 0 bridgehead atoms. The molecule has 14 heteroatoms. The molecule has 0 spiro atoms. The first-order valence-electron chi connectivity index (χ1n) is 13.3. The molecule has 1 atom stereocenters. The average Bonchev–Trinajstić information content (AvgIpc) is 2.97. The van der Waals surface area contributed by atoms with Crippen LogP contribution in [-0.2, 0) is 14.6 Å². The van der Waals surface area contributed by atoms with E-state index in [0.717, 1.165) is 29.0 Å². The molecule has 0 N–H and O–H groups in total. The number of carbonyl (C=O) groups excluding carboxylic acids is 1. The normalized spacial score (nSPS) is 15.3. The number of anilines is 1. The van der Waals surface area contributed by atoms with Gasteiger partial charge in [-0.05, 0) is 42.8 Å². The molecule has 0 saturated carbocycles. The van der Waals surface area contributed by atoms with Crippen molar-refractivity contribution < 1.29 is 22.0 Å². The second-order valence-electron chi connectivity index (χ2n) is 10.2. The number of fused-ring (bicyclic) bond motifs is 1. The highest BCUT2D eigenvalue weighted by Gasteiger charge is 2.32. The summed E-state index contributed by atoms with van der Waals surface area (Å²) < 4.78 is 57.5. The number of nitrogens with zero attached hydrogens (tertiary/aromatic N) is 6. The molecule has 226 valence electrons. The fourth-order valence-electron chi connectivity index (χ4n) is 5.40. The number of amides is 1. The number of hydrogen-bond acceptors (Lipinski definition) is 8. The molecule has 5 rings (SSSR count). The lowest BCUT2D eigenvalue weighted by Crippen LogP contribution is -2.55. The van der Waals surface area contributed by atoms with Crippen molar-refractivity contribution >= 4 is 44.2 Å². The Morgan fingerprint density at radius 2 is 1.91 bits per heavy atom. The number of halogens is 3. The first-order valence-corrected chi connectivity index (χ1v) is 15.6. The first kappa shape index (κ1) is 30.8. The van der Waals surface area contributed by atoms with Gasteiger partial charge in [0.1, 0.15) is 17.3 Å². The zero-order chi connectivity index (χ0) is 31.9. The minimum Gasteiger partial charge on any atom is -0.352 e. The maximum Gasteiger partial charge on any atom is 0.355 e. The number of rotatable bonds is 6. The molecule has 3 heterocycles. The Morgan fingerprint density at radius 1 is 1.18 bits per heavy atom. The number of piperazine rings is 1. The van der Waals surface area contributed by atoms with Crippen LogP contribution in [0.4, 0.5) is 14.6 Å². The maximum absolute atomic E-state index is 15.9. The van der Waals surface area contributed by atoms with E-state index in [1.54, 1.807) is 17.9 Å². The lowest BCUT2D eigenvalue weighted by atomic mass is 10.1. The molecule has 1 saturated heterocycles. The van der Waals surface area contributed by atoms with Crippen molar-refractivity contribution in [3.05, 3.63) is 87.8 Å². The summed E-state index contributed by atoms with van der Waals surface area (Å²) in [6.07, 6.45) is 2.09. The van der Waals surface area contributed by atoms with Gasteiger partial charge in [0.05, 0.1) is 45.1 Å². The van der Waals surface area contributed by atoms with Gasteiger partial charge in [0.25, 0.3) is 0 Å². The van der Waals surface area contributed by atoms with Crippen LogP contribution in [0, 0.1) is 29.9 Å². The highest BCUT2D eigenvalue weighted by molar-refractivity contribution is 7.90. The van der Waals surface area contributed by atoms with E-state index < -0.39 is 38.9 Å². The Kier molecular flexibility index (Phi) is 8.24. The van der Waals surface area contributed by atoms with E-state index >= 15 is 4.39 Å². The maximum atomic E-state index is 15.9. The Balaban J connectivity index is 1.85. The Bertz CT molecular complexity index is 2040. The molecule has 1 aliphatic rings. The molecular formula is C30H25ClF2N6O4S. The van der Waals surface area contributed by atoms with Gasteiger partial charge in [-0.1, -0.05) is 36.4 Å². The van der Waals surface area contributed by atoms with E-state index in [-0.39, 0.29) is 70.0 Å². The zero-order valence-corrected chi connectivity index (χ0v) is 25.2. The van der Waals surface area contributed by atoms with Gasteiger partial charge < -0.3 is 9.80 Å². The number of carbonyl (C=O) groups is 1. The predicted molar refractivity (Wildman–Crippen MR) is 161 cm³/mol. The van der Waals surface area contributed by atoms with Crippen molar-refractivity contribution in [2.24, 2.45) is 0 Å². The number of sulfone groups is 1. The van der Waals surface area contributed by atoms with Gasteiger partial charge in [-0.2, -0.15) is 10.2 Å². The SMILES string of the molecule is C=CC(=O)N1CCN(c2nc(=O)n(-c3c(C)cccc3S(C)(=O)=O)c3nc(-c4c(F)cccc4Cl)c(F)cc23)CC1CC#N. The number of hydrogen-bond donors (Lipinski definition) is 0. The van der Waals surface area contributed by atoms with Crippen LogP contribution in [0.15, 0.2) is 64.8 Å². The summed E-state index contributed by atoms with van der Waals surface area (Å²) in [5.41, 5.74) is -1.63.